The Bertz CT molecular complexity index is 596. The smallest absolute Gasteiger partial charge is 0.229 e. The van der Waals surface area contributed by atoms with Crippen molar-refractivity contribution in [2.75, 3.05) is 20.0 Å². The molecule has 0 aliphatic carbocycles. The lowest BCUT2D eigenvalue weighted by Gasteiger charge is -2.16. The van der Waals surface area contributed by atoms with Crippen molar-refractivity contribution in [3.63, 3.8) is 0 Å². The highest BCUT2D eigenvalue weighted by Gasteiger charge is 2.20. The molecule has 0 bridgehead atoms. The number of hydrogen-bond acceptors (Lipinski definition) is 5. The molecule has 0 amide bonds. The molecule has 2 N–H and O–H groups in total. The lowest BCUT2D eigenvalue weighted by Crippen LogP contribution is -1.98. The Hall–Kier alpha value is -1.88. The second-order valence-electron chi connectivity index (χ2n) is 3.91. The molecule has 0 radical (unpaired) electrons. The molecule has 1 aromatic carbocycles. The van der Waals surface area contributed by atoms with Crippen LogP contribution in [0.25, 0.3) is 11.1 Å². The zero-order chi connectivity index (χ0) is 14.0. The van der Waals surface area contributed by atoms with E-state index in [1.165, 1.54) is 0 Å². The number of hydrogen-bond donors (Lipinski definition) is 1. The zero-order valence-corrected chi connectivity index (χ0v) is 11.7. The number of methoxy groups -OCH3 is 2. The molecule has 19 heavy (non-hydrogen) atoms. The van der Waals surface area contributed by atoms with Gasteiger partial charge in [0, 0.05) is 0 Å². The molecule has 0 saturated carbocycles. The van der Waals surface area contributed by atoms with Gasteiger partial charge in [0.05, 0.1) is 31.0 Å². The molecular weight excluding hydrogens is 268 g/mol. The van der Waals surface area contributed by atoms with Gasteiger partial charge in [-0.3, -0.25) is 0 Å². The second-order valence-corrected chi connectivity index (χ2v) is 4.29. The first-order valence-electron chi connectivity index (χ1n) is 5.77. The SMILES string of the molecule is CCc1c(-c2cnoc2N)cc(OC)c(OC)c1Cl. The van der Waals surface area contributed by atoms with Crippen LogP contribution in [-0.4, -0.2) is 19.4 Å². The number of nitrogens with zero attached hydrogens (tertiary/aromatic N) is 1. The molecule has 0 spiro atoms. The predicted molar refractivity (Wildman–Crippen MR) is 73.8 cm³/mol. The maximum atomic E-state index is 6.37. The van der Waals surface area contributed by atoms with E-state index in [0.717, 1.165) is 17.5 Å². The Morgan fingerprint density at radius 3 is 2.53 bits per heavy atom. The zero-order valence-electron chi connectivity index (χ0n) is 11.0. The maximum absolute atomic E-state index is 6.37. The Labute approximate surface area is 116 Å². The number of anilines is 1. The fourth-order valence-electron chi connectivity index (χ4n) is 2.03. The van der Waals surface area contributed by atoms with E-state index < -0.39 is 0 Å². The van der Waals surface area contributed by atoms with Crippen LogP contribution in [0.2, 0.25) is 5.02 Å². The summed E-state index contributed by atoms with van der Waals surface area (Å²) in [5, 5.41) is 4.20. The van der Waals surface area contributed by atoms with Crippen molar-refractivity contribution in [3.05, 3.63) is 22.8 Å². The molecule has 0 aliphatic rings. The summed E-state index contributed by atoms with van der Waals surface area (Å²) in [6.07, 6.45) is 2.28. The standard InChI is InChI=1S/C13H15ClN2O3/c1-4-7-8(9-6-16-19-13(9)15)5-10(17-2)12(18-3)11(7)14/h5-6H,4,15H2,1-3H3. The van der Waals surface area contributed by atoms with E-state index in [1.807, 2.05) is 13.0 Å². The van der Waals surface area contributed by atoms with Crippen LogP contribution in [0.1, 0.15) is 12.5 Å². The number of nitrogen functional groups attached to an aromatic ring is 1. The van der Waals surface area contributed by atoms with E-state index in [0.29, 0.717) is 22.1 Å². The summed E-state index contributed by atoms with van der Waals surface area (Å²) in [5.74, 6) is 1.30. The maximum Gasteiger partial charge on any atom is 0.229 e. The van der Waals surface area contributed by atoms with Crippen molar-refractivity contribution < 1.29 is 14.0 Å². The van der Waals surface area contributed by atoms with E-state index in [4.69, 9.17) is 31.3 Å². The highest BCUT2D eigenvalue weighted by Crippen LogP contribution is 2.44. The van der Waals surface area contributed by atoms with Crippen molar-refractivity contribution in [1.82, 2.24) is 5.16 Å². The first-order chi connectivity index (χ1) is 9.13. The van der Waals surface area contributed by atoms with E-state index >= 15 is 0 Å². The fourth-order valence-corrected chi connectivity index (χ4v) is 2.43. The van der Waals surface area contributed by atoms with Gasteiger partial charge in [0.25, 0.3) is 0 Å². The normalized spacial score (nSPS) is 10.5. The van der Waals surface area contributed by atoms with Crippen LogP contribution in [0.5, 0.6) is 11.5 Å². The van der Waals surface area contributed by atoms with E-state index in [1.54, 1.807) is 20.4 Å². The summed E-state index contributed by atoms with van der Waals surface area (Å²) >= 11 is 6.37. The third-order valence-corrected chi connectivity index (χ3v) is 3.35. The molecule has 0 aliphatic heterocycles. The Morgan fingerprint density at radius 1 is 1.32 bits per heavy atom. The van der Waals surface area contributed by atoms with Crippen LogP contribution < -0.4 is 15.2 Å². The third kappa shape index (κ3) is 2.21. The van der Waals surface area contributed by atoms with Crippen molar-refractivity contribution in [2.45, 2.75) is 13.3 Å². The second kappa shape index (κ2) is 5.40. The molecule has 0 atom stereocenters. The highest BCUT2D eigenvalue weighted by atomic mass is 35.5. The Kier molecular flexibility index (Phi) is 3.85. The van der Waals surface area contributed by atoms with Gasteiger partial charge in [-0.2, -0.15) is 0 Å². The number of aromatic nitrogens is 1. The van der Waals surface area contributed by atoms with E-state index in [9.17, 15) is 0 Å². The minimum atomic E-state index is 0.248. The largest absolute Gasteiger partial charge is 0.493 e. The fraction of sp³-hybridized carbons (Fsp3) is 0.308. The Morgan fingerprint density at radius 2 is 2.05 bits per heavy atom. The summed E-state index contributed by atoms with van der Waals surface area (Å²) in [5.41, 5.74) is 8.21. The molecular formula is C13H15ClN2O3. The average Bonchev–Trinajstić information content (AvgIpc) is 2.83. The van der Waals surface area contributed by atoms with Gasteiger partial charge in [0.1, 0.15) is 0 Å². The number of halogens is 1. The lowest BCUT2D eigenvalue weighted by molar-refractivity contribution is 0.355. The number of rotatable bonds is 4. The van der Waals surface area contributed by atoms with Gasteiger partial charge in [0.15, 0.2) is 11.5 Å². The van der Waals surface area contributed by atoms with Crippen molar-refractivity contribution >= 4 is 17.5 Å². The molecule has 0 saturated heterocycles. The quantitative estimate of drug-likeness (QED) is 0.933. The lowest BCUT2D eigenvalue weighted by atomic mass is 9.99. The molecule has 5 nitrogen and oxygen atoms in total. The summed E-state index contributed by atoms with van der Waals surface area (Å²) in [6, 6.07) is 1.83. The van der Waals surface area contributed by atoms with E-state index in [2.05, 4.69) is 5.16 Å². The number of ether oxygens (including phenoxy) is 2. The van der Waals surface area contributed by atoms with Crippen molar-refractivity contribution in [3.8, 4) is 22.6 Å². The van der Waals surface area contributed by atoms with Crippen LogP contribution in [0, 0.1) is 0 Å². The first-order valence-corrected chi connectivity index (χ1v) is 6.15. The van der Waals surface area contributed by atoms with Gasteiger partial charge in [-0.1, -0.05) is 23.7 Å². The van der Waals surface area contributed by atoms with Crippen molar-refractivity contribution in [1.29, 1.82) is 0 Å². The van der Waals surface area contributed by atoms with Crippen LogP contribution in [0.4, 0.5) is 5.88 Å². The molecule has 0 fully saturated rings. The molecule has 2 aromatic rings. The number of benzene rings is 1. The van der Waals surface area contributed by atoms with E-state index in [-0.39, 0.29) is 5.88 Å². The molecule has 1 aromatic heterocycles. The summed E-state index contributed by atoms with van der Waals surface area (Å²) < 4.78 is 15.5. The highest BCUT2D eigenvalue weighted by molar-refractivity contribution is 6.33. The Balaban J connectivity index is 2.74. The molecule has 1 heterocycles. The van der Waals surface area contributed by atoms with Crippen molar-refractivity contribution in [2.24, 2.45) is 0 Å². The predicted octanol–water partition coefficient (Wildman–Crippen LogP) is 3.16. The van der Waals surface area contributed by atoms with Gasteiger partial charge in [-0.15, -0.1) is 0 Å². The molecule has 2 rings (SSSR count). The van der Waals surface area contributed by atoms with Crippen LogP contribution in [0.15, 0.2) is 16.8 Å². The van der Waals surface area contributed by atoms with Gasteiger partial charge >= 0.3 is 0 Å². The van der Waals surface area contributed by atoms with Gasteiger partial charge < -0.3 is 19.7 Å². The van der Waals surface area contributed by atoms with Gasteiger partial charge in [-0.05, 0) is 23.6 Å². The van der Waals surface area contributed by atoms with Crippen LogP contribution in [0.3, 0.4) is 0 Å². The topological polar surface area (TPSA) is 70.5 Å². The summed E-state index contributed by atoms with van der Waals surface area (Å²) in [6.45, 7) is 2.00. The summed E-state index contributed by atoms with van der Waals surface area (Å²) in [4.78, 5) is 0. The average molecular weight is 283 g/mol. The molecule has 0 unspecified atom stereocenters. The third-order valence-electron chi connectivity index (χ3n) is 2.95. The monoisotopic (exact) mass is 282 g/mol. The minimum Gasteiger partial charge on any atom is -0.493 e. The van der Waals surface area contributed by atoms with Crippen LogP contribution in [-0.2, 0) is 6.42 Å². The molecule has 6 heteroatoms. The first kappa shape index (κ1) is 13.5. The molecule has 102 valence electrons. The summed E-state index contributed by atoms with van der Waals surface area (Å²) in [7, 11) is 3.11. The van der Waals surface area contributed by atoms with Gasteiger partial charge in [-0.25, -0.2) is 0 Å². The number of nitrogens with two attached hydrogens (primary N) is 1. The van der Waals surface area contributed by atoms with Gasteiger partial charge in [0.2, 0.25) is 5.88 Å². The van der Waals surface area contributed by atoms with Crippen LogP contribution >= 0.6 is 11.6 Å². The minimum absolute atomic E-state index is 0.248.